The quantitative estimate of drug-likeness (QED) is 0.439. The maximum Gasteiger partial charge on any atom is 0.310 e. The van der Waals surface area contributed by atoms with Gasteiger partial charge in [-0.3, -0.25) is 10.1 Å². The number of nitrogens with zero attached hydrogens (tertiary/aromatic N) is 1. The minimum atomic E-state index is -0.461. The van der Waals surface area contributed by atoms with E-state index in [0.29, 0.717) is 12.5 Å². The number of thiophene rings is 1. The van der Waals surface area contributed by atoms with Crippen molar-refractivity contribution in [2.75, 3.05) is 0 Å². The SMILES string of the molecule is O=[N+]([O-])c1ccc(CCl)cc1OCc1ccc(Br)s1. The summed E-state index contributed by atoms with van der Waals surface area (Å²) in [6.07, 6.45) is 0. The van der Waals surface area contributed by atoms with Gasteiger partial charge in [0.05, 0.1) is 8.71 Å². The maximum absolute atomic E-state index is 10.9. The Bertz CT molecular complexity index is 602. The van der Waals surface area contributed by atoms with E-state index in [9.17, 15) is 10.1 Å². The Hall–Kier alpha value is -1.11. The highest BCUT2D eigenvalue weighted by atomic mass is 79.9. The van der Waals surface area contributed by atoms with Crippen LogP contribution in [0.15, 0.2) is 34.1 Å². The topological polar surface area (TPSA) is 52.4 Å². The van der Waals surface area contributed by atoms with E-state index in [0.717, 1.165) is 14.2 Å². The zero-order chi connectivity index (χ0) is 13.8. The van der Waals surface area contributed by atoms with E-state index in [-0.39, 0.29) is 11.4 Å². The highest BCUT2D eigenvalue weighted by Gasteiger charge is 2.15. The fourth-order valence-corrected chi connectivity index (χ4v) is 3.05. The molecule has 0 fully saturated rings. The molecule has 2 rings (SSSR count). The first-order chi connectivity index (χ1) is 9.10. The molecule has 0 saturated carbocycles. The molecule has 0 spiro atoms. The first-order valence-electron chi connectivity index (χ1n) is 5.30. The van der Waals surface area contributed by atoms with Crippen LogP contribution in [0.4, 0.5) is 5.69 Å². The van der Waals surface area contributed by atoms with Crippen LogP contribution in [0.1, 0.15) is 10.4 Å². The minimum absolute atomic E-state index is 0.0514. The molecule has 0 N–H and O–H groups in total. The Morgan fingerprint density at radius 3 is 2.74 bits per heavy atom. The summed E-state index contributed by atoms with van der Waals surface area (Å²) in [4.78, 5) is 11.4. The number of hydrogen-bond donors (Lipinski definition) is 0. The van der Waals surface area contributed by atoms with E-state index in [1.807, 2.05) is 12.1 Å². The van der Waals surface area contributed by atoms with Crippen LogP contribution in [0, 0.1) is 10.1 Å². The van der Waals surface area contributed by atoms with Gasteiger partial charge >= 0.3 is 5.69 Å². The summed E-state index contributed by atoms with van der Waals surface area (Å²) in [7, 11) is 0. The largest absolute Gasteiger partial charge is 0.481 e. The van der Waals surface area contributed by atoms with Gasteiger partial charge in [0, 0.05) is 16.8 Å². The van der Waals surface area contributed by atoms with Gasteiger partial charge in [-0.05, 0) is 39.7 Å². The molecule has 2 aromatic rings. The maximum atomic E-state index is 10.9. The molecule has 4 nitrogen and oxygen atoms in total. The molecule has 0 aliphatic heterocycles. The van der Waals surface area contributed by atoms with E-state index in [1.54, 1.807) is 12.1 Å². The minimum Gasteiger partial charge on any atom is -0.481 e. The molecule has 1 aromatic carbocycles. The molecule has 0 aliphatic rings. The van der Waals surface area contributed by atoms with Gasteiger partial charge in [-0.2, -0.15) is 0 Å². The summed E-state index contributed by atoms with van der Waals surface area (Å²) in [6.45, 7) is 0.294. The Kier molecular flexibility index (Phi) is 4.79. The zero-order valence-electron chi connectivity index (χ0n) is 9.64. The summed E-state index contributed by atoms with van der Waals surface area (Å²) in [5.74, 6) is 0.534. The summed E-state index contributed by atoms with van der Waals surface area (Å²) < 4.78 is 6.53. The number of alkyl halides is 1. The smallest absolute Gasteiger partial charge is 0.310 e. The van der Waals surface area contributed by atoms with Crippen molar-refractivity contribution >= 4 is 44.6 Å². The van der Waals surface area contributed by atoms with Crippen molar-refractivity contribution in [3.05, 3.63) is 54.7 Å². The third-order valence-electron chi connectivity index (χ3n) is 2.37. The molecule has 7 heteroatoms. The van der Waals surface area contributed by atoms with E-state index >= 15 is 0 Å². The third-order valence-corrected chi connectivity index (χ3v) is 4.28. The van der Waals surface area contributed by atoms with Gasteiger partial charge < -0.3 is 4.74 Å². The molecule has 0 saturated heterocycles. The van der Waals surface area contributed by atoms with Gasteiger partial charge in [0.2, 0.25) is 0 Å². The van der Waals surface area contributed by atoms with Crippen molar-refractivity contribution in [1.82, 2.24) is 0 Å². The van der Waals surface area contributed by atoms with Crippen LogP contribution in [0.5, 0.6) is 5.75 Å². The lowest BCUT2D eigenvalue weighted by molar-refractivity contribution is -0.386. The van der Waals surface area contributed by atoms with E-state index in [2.05, 4.69) is 15.9 Å². The summed E-state index contributed by atoms with van der Waals surface area (Å²) in [5, 5.41) is 10.9. The predicted octanol–water partition coefficient (Wildman–Crippen LogP) is 4.74. The molecule has 100 valence electrons. The fraction of sp³-hybridized carbons (Fsp3) is 0.167. The van der Waals surface area contributed by atoms with Crippen LogP contribution < -0.4 is 4.74 Å². The normalized spacial score (nSPS) is 10.4. The van der Waals surface area contributed by atoms with E-state index in [4.69, 9.17) is 16.3 Å². The Labute approximate surface area is 127 Å². The third kappa shape index (κ3) is 3.68. The highest BCUT2D eigenvalue weighted by molar-refractivity contribution is 9.11. The molecule has 0 amide bonds. The number of halogens is 2. The summed E-state index contributed by atoms with van der Waals surface area (Å²) >= 11 is 10.6. The molecule has 0 bridgehead atoms. The molecule has 0 atom stereocenters. The van der Waals surface area contributed by atoms with Gasteiger partial charge in [0.15, 0.2) is 5.75 Å². The first kappa shape index (κ1) is 14.3. The average molecular weight is 363 g/mol. The number of rotatable bonds is 5. The first-order valence-corrected chi connectivity index (χ1v) is 7.45. The van der Waals surface area contributed by atoms with Gasteiger partial charge in [-0.1, -0.05) is 6.07 Å². The van der Waals surface area contributed by atoms with Crippen molar-refractivity contribution in [2.24, 2.45) is 0 Å². The average Bonchev–Trinajstić information content (AvgIpc) is 2.81. The van der Waals surface area contributed by atoms with Gasteiger partial charge in [0.1, 0.15) is 6.61 Å². The number of ether oxygens (including phenoxy) is 1. The van der Waals surface area contributed by atoms with Crippen molar-refractivity contribution in [3.8, 4) is 5.75 Å². The van der Waals surface area contributed by atoms with Crippen LogP contribution in [0.3, 0.4) is 0 Å². The van der Waals surface area contributed by atoms with Gasteiger partial charge in [-0.25, -0.2) is 0 Å². The second-order valence-corrected chi connectivity index (χ2v) is 6.50. The monoisotopic (exact) mass is 361 g/mol. The van der Waals surface area contributed by atoms with Crippen LogP contribution in [0.25, 0.3) is 0 Å². The summed E-state index contributed by atoms with van der Waals surface area (Å²) in [6, 6.07) is 8.46. The van der Waals surface area contributed by atoms with Crippen LogP contribution in [-0.4, -0.2) is 4.92 Å². The van der Waals surface area contributed by atoms with E-state index < -0.39 is 4.92 Å². The van der Waals surface area contributed by atoms with Crippen molar-refractivity contribution in [1.29, 1.82) is 0 Å². The second-order valence-electron chi connectivity index (χ2n) is 3.69. The lowest BCUT2D eigenvalue weighted by Crippen LogP contribution is -1.98. The van der Waals surface area contributed by atoms with Crippen molar-refractivity contribution in [3.63, 3.8) is 0 Å². The Morgan fingerprint density at radius 2 is 2.16 bits per heavy atom. The molecule has 0 radical (unpaired) electrons. The van der Waals surface area contributed by atoms with Gasteiger partial charge in [-0.15, -0.1) is 22.9 Å². The Balaban J connectivity index is 2.19. The number of benzene rings is 1. The molecular formula is C12H9BrClNO3S. The second kappa shape index (κ2) is 6.36. The van der Waals surface area contributed by atoms with Crippen LogP contribution in [0.2, 0.25) is 0 Å². The molecule has 1 heterocycles. The van der Waals surface area contributed by atoms with Crippen LogP contribution in [-0.2, 0) is 12.5 Å². The lowest BCUT2D eigenvalue weighted by Gasteiger charge is -2.06. The summed E-state index contributed by atoms with van der Waals surface area (Å²) in [5.41, 5.74) is 0.735. The van der Waals surface area contributed by atoms with Crippen molar-refractivity contribution in [2.45, 2.75) is 12.5 Å². The molecule has 0 aliphatic carbocycles. The lowest BCUT2D eigenvalue weighted by atomic mass is 10.2. The fourth-order valence-electron chi connectivity index (χ4n) is 1.49. The van der Waals surface area contributed by atoms with Crippen molar-refractivity contribution < 1.29 is 9.66 Å². The molecule has 1 aromatic heterocycles. The van der Waals surface area contributed by atoms with E-state index in [1.165, 1.54) is 17.4 Å². The predicted molar refractivity (Wildman–Crippen MR) is 79.0 cm³/mol. The van der Waals surface area contributed by atoms with Crippen LogP contribution >= 0.6 is 38.9 Å². The molecule has 0 unspecified atom stereocenters. The molecule has 19 heavy (non-hydrogen) atoms. The molecular weight excluding hydrogens is 354 g/mol. The number of nitro groups is 1. The zero-order valence-corrected chi connectivity index (χ0v) is 12.8. The number of hydrogen-bond acceptors (Lipinski definition) is 4. The number of nitro benzene ring substituents is 1. The Morgan fingerprint density at radius 1 is 1.37 bits per heavy atom. The highest BCUT2D eigenvalue weighted by Crippen LogP contribution is 2.30. The van der Waals surface area contributed by atoms with Gasteiger partial charge in [0.25, 0.3) is 0 Å². The standard InChI is InChI=1S/C12H9BrClNO3S/c13-12-4-2-9(19-12)7-18-11-5-8(6-14)1-3-10(11)15(16)17/h1-5H,6-7H2.